The smallest absolute Gasteiger partial charge is 0.162 e. The average Bonchev–Trinajstić information content (AvgIpc) is 2.78. The largest absolute Gasteiger partial charge is 0.370 e. The van der Waals surface area contributed by atoms with Crippen molar-refractivity contribution in [2.75, 3.05) is 11.9 Å². The summed E-state index contributed by atoms with van der Waals surface area (Å²) in [6.45, 7) is 9.07. The molecule has 0 unspecified atom stereocenters. The molecule has 0 radical (unpaired) electrons. The highest BCUT2D eigenvalue weighted by Crippen LogP contribution is 2.22. The van der Waals surface area contributed by atoms with Gasteiger partial charge < -0.3 is 5.32 Å². The molecule has 0 amide bonds. The molecular weight excluding hydrogens is 306 g/mol. The van der Waals surface area contributed by atoms with E-state index in [0.29, 0.717) is 0 Å². The molecule has 2 rings (SSSR count). The predicted molar refractivity (Wildman–Crippen MR) is 79.8 cm³/mol. The average molecular weight is 324 g/mol. The van der Waals surface area contributed by atoms with Crippen molar-refractivity contribution in [3.05, 3.63) is 28.3 Å². The van der Waals surface area contributed by atoms with Crippen LogP contribution in [0.4, 0.5) is 5.82 Å². The van der Waals surface area contributed by atoms with Gasteiger partial charge in [0.25, 0.3) is 0 Å². The summed E-state index contributed by atoms with van der Waals surface area (Å²) >= 11 is 3.41. The third-order valence-electron chi connectivity index (χ3n) is 2.77. The number of rotatable bonds is 4. The molecule has 0 bridgehead atoms. The second-order valence-electron chi connectivity index (χ2n) is 4.67. The second kappa shape index (κ2) is 5.69. The third-order valence-corrected chi connectivity index (χ3v) is 3.18. The molecule has 5 nitrogen and oxygen atoms in total. The maximum absolute atomic E-state index is 4.63. The van der Waals surface area contributed by atoms with Crippen molar-refractivity contribution in [2.24, 2.45) is 0 Å². The van der Waals surface area contributed by atoms with E-state index in [1.165, 1.54) is 0 Å². The lowest BCUT2D eigenvalue weighted by molar-refractivity contribution is 0.740. The molecule has 0 fully saturated rings. The van der Waals surface area contributed by atoms with E-state index >= 15 is 0 Å². The fraction of sp³-hybridized carbons (Fsp3) is 0.462. The molecule has 0 aliphatic carbocycles. The van der Waals surface area contributed by atoms with E-state index in [2.05, 4.69) is 57.1 Å². The first-order valence-electron chi connectivity index (χ1n) is 6.35. The van der Waals surface area contributed by atoms with Crippen LogP contribution in [0.3, 0.4) is 0 Å². The Morgan fingerprint density at radius 2 is 2.11 bits per heavy atom. The van der Waals surface area contributed by atoms with Crippen LogP contribution in [0.1, 0.15) is 38.1 Å². The van der Waals surface area contributed by atoms with Crippen LogP contribution >= 0.6 is 15.9 Å². The summed E-state index contributed by atoms with van der Waals surface area (Å²) in [7, 11) is 0. The Morgan fingerprint density at radius 3 is 2.63 bits per heavy atom. The quantitative estimate of drug-likeness (QED) is 0.938. The Morgan fingerprint density at radius 1 is 1.37 bits per heavy atom. The topological polar surface area (TPSA) is 55.6 Å². The molecule has 0 atom stereocenters. The summed E-state index contributed by atoms with van der Waals surface area (Å²) in [6, 6.07) is 0. The normalized spacial score (nSPS) is 11.1. The lowest BCUT2D eigenvalue weighted by Gasteiger charge is -2.14. The van der Waals surface area contributed by atoms with E-state index in [4.69, 9.17) is 0 Å². The van der Waals surface area contributed by atoms with E-state index in [0.717, 1.165) is 34.0 Å². The lowest BCUT2D eigenvalue weighted by Crippen LogP contribution is -2.12. The Kier molecular flexibility index (Phi) is 4.19. The molecule has 0 aromatic carbocycles. The Balaban J connectivity index is 2.58. The van der Waals surface area contributed by atoms with E-state index in [-0.39, 0.29) is 5.92 Å². The maximum Gasteiger partial charge on any atom is 0.162 e. The van der Waals surface area contributed by atoms with Crippen molar-refractivity contribution in [3.8, 4) is 5.82 Å². The predicted octanol–water partition coefficient (Wildman–Crippen LogP) is 3.29. The summed E-state index contributed by atoms with van der Waals surface area (Å²) in [5.41, 5.74) is 1.00. The van der Waals surface area contributed by atoms with Gasteiger partial charge in [0, 0.05) is 24.2 Å². The minimum atomic E-state index is 0.274. The summed E-state index contributed by atoms with van der Waals surface area (Å²) in [4.78, 5) is 9.21. The van der Waals surface area contributed by atoms with Gasteiger partial charge in [-0.2, -0.15) is 5.10 Å². The van der Waals surface area contributed by atoms with Gasteiger partial charge in [-0.1, -0.05) is 13.8 Å². The molecular formula is C13H18BrN5. The minimum absolute atomic E-state index is 0.274. The number of nitrogens with one attached hydrogen (secondary N) is 1. The van der Waals surface area contributed by atoms with Crippen LogP contribution in [0.2, 0.25) is 0 Å². The van der Waals surface area contributed by atoms with Gasteiger partial charge in [-0.15, -0.1) is 0 Å². The number of aromatic nitrogens is 4. The summed E-state index contributed by atoms with van der Waals surface area (Å²) < 4.78 is 2.70. The summed E-state index contributed by atoms with van der Waals surface area (Å²) in [5, 5.41) is 7.58. The number of hydrogen-bond acceptors (Lipinski definition) is 4. The van der Waals surface area contributed by atoms with Gasteiger partial charge in [0.15, 0.2) is 5.82 Å². The minimum Gasteiger partial charge on any atom is -0.370 e. The molecule has 0 aliphatic rings. The van der Waals surface area contributed by atoms with Crippen LogP contribution in [-0.2, 0) is 0 Å². The molecule has 102 valence electrons. The van der Waals surface area contributed by atoms with Crippen molar-refractivity contribution < 1.29 is 0 Å². The van der Waals surface area contributed by atoms with E-state index in [9.17, 15) is 0 Å². The van der Waals surface area contributed by atoms with Crippen LogP contribution in [-0.4, -0.2) is 26.3 Å². The van der Waals surface area contributed by atoms with Crippen molar-refractivity contribution in [2.45, 2.75) is 33.6 Å². The van der Waals surface area contributed by atoms with Crippen LogP contribution in [0.5, 0.6) is 0 Å². The summed E-state index contributed by atoms with van der Waals surface area (Å²) in [6.07, 6.45) is 3.65. The number of anilines is 1. The van der Waals surface area contributed by atoms with Gasteiger partial charge in [0.2, 0.25) is 0 Å². The molecule has 0 saturated carbocycles. The van der Waals surface area contributed by atoms with E-state index in [1.54, 1.807) is 10.9 Å². The van der Waals surface area contributed by atoms with E-state index in [1.807, 2.05) is 13.1 Å². The fourth-order valence-corrected chi connectivity index (χ4v) is 2.04. The Labute approximate surface area is 121 Å². The van der Waals surface area contributed by atoms with E-state index < -0.39 is 0 Å². The molecule has 6 heteroatoms. The summed E-state index contributed by atoms with van der Waals surface area (Å²) in [5.74, 6) is 2.79. The van der Waals surface area contributed by atoms with Gasteiger partial charge >= 0.3 is 0 Å². The highest BCUT2D eigenvalue weighted by atomic mass is 79.9. The van der Waals surface area contributed by atoms with Crippen LogP contribution in [0.25, 0.3) is 5.82 Å². The first kappa shape index (κ1) is 14.0. The molecule has 2 aromatic rings. The Hall–Kier alpha value is -1.43. The number of hydrogen-bond donors (Lipinski definition) is 1. The zero-order valence-electron chi connectivity index (χ0n) is 11.6. The SMILES string of the molecule is CCNc1nc(C(C)C)nc(-n2cc(Br)cn2)c1C. The van der Waals surface area contributed by atoms with Gasteiger partial charge in [-0.05, 0) is 29.8 Å². The first-order valence-corrected chi connectivity index (χ1v) is 7.15. The van der Waals surface area contributed by atoms with Crippen molar-refractivity contribution in [3.63, 3.8) is 0 Å². The molecule has 0 spiro atoms. The zero-order chi connectivity index (χ0) is 14.0. The number of halogens is 1. The highest BCUT2D eigenvalue weighted by Gasteiger charge is 2.14. The number of nitrogens with zero attached hydrogens (tertiary/aromatic N) is 4. The fourth-order valence-electron chi connectivity index (χ4n) is 1.76. The van der Waals surface area contributed by atoms with Gasteiger partial charge in [-0.25, -0.2) is 14.6 Å². The van der Waals surface area contributed by atoms with Crippen molar-refractivity contribution >= 4 is 21.7 Å². The highest BCUT2D eigenvalue weighted by molar-refractivity contribution is 9.10. The monoisotopic (exact) mass is 323 g/mol. The molecule has 0 saturated heterocycles. The second-order valence-corrected chi connectivity index (χ2v) is 5.58. The van der Waals surface area contributed by atoms with Gasteiger partial charge in [-0.3, -0.25) is 0 Å². The zero-order valence-corrected chi connectivity index (χ0v) is 13.2. The van der Waals surface area contributed by atoms with Gasteiger partial charge in [0.1, 0.15) is 11.6 Å². The molecule has 2 aromatic heterocycles. The third kappa shape index (κ3) is 2.94. The van der Waals surface area contributed by atoms with Crippen LogP contribution in [0.15, 0.2) is 16.9 Å². The molecule has 1 N–H and O–H groups in total. The van der Waals surface area contributed by atoms with Crippen LogP contribution in [0, 0.1) is 6.92 Å². The lowest BCUT2D eigenvalue weighted by atomic mass is 10.2. The van der Waals surface area contributed by atoms with Gasteiger partial charge in [0.05, 0.1) is 10.7 Å². The molecule has 2 heterocycles. The first-order chi connectivity index (χ1) is 9.02. The van der Waals surface area contributed by atoms with Crippen LogP contribution < -0.4 is 5.32 Å². The molecule has 19 heavy (non-hydrogen) atoms. The maximum atomic E-state index is 4.63. The standard InChI is InChI=1S/C13H18BrN5/c1-5-15-12-9(4)13(18-11(17-12)8(2)3)19-7-10(14)6-16-19/h6-8H,5H2,1-4H3,(H,15,17,18). The Bertz CT molecular complexity index is 576. The van der Waals surface area contributed by atoms with Crippen molar-refractivity contribution in [1.82, 2.24) is 19.7 Å². The molecule has 0 aliphatic heterocycles. The van der Waals surface area contributed by atoms with Crippen molar-refractivity contribution in [1.29, 1.82) is 0 Å².